The third-order valence-electron chi connectivity index (χ3n) is 2.01. The summed E-state index contributed by atoms with van der Waals surface area (Å²) in [4.78, 5) is 0. The number of aliphatic hydroxyl groups excluding tert-OH is 1. The molecule has 0 fully saturated rings. The lowest BCUT2D eigenvalue weighted by atomic mass is 10.1. The van der Waals surface area contributed by atoms with E-state index in [4.69, 9.17) is 5.11 Å². The van der Waals surface area contributed by atoms with Crippen molar-refractivity contribution >= 4 is 5.69 Å². The van der Waals surface area contributed by atoms with Crippen molar-refractivity contribution in [2.45, 2.75) is 13.8 Å². The Kier molecular flexibility index (Phi) is 3.25. The maximum atomic E-state index is 13.2. The number of halogens is 1. The van der Waals surface area contributed by atoms with Crippen LogP contribution in [0.15, 0.2) is 12.1 Å². The third kappa shape index (κ3) is 2.42. The zero-order chi connectivity index (χ0) is 9.84. The van der Waals surface area contributed by atoms with Gasteiger partial charge >= 0.3 is 0 Å². The molecule has 0 bridgehead atoms. The lowest BCUT2D eigenvalue weighted by molar-refractivity contribution is 0.311. The summed E-state index contributed by atoms with van der Waals surface area (Å²) in [7, 11) is 0. The van der Waals surface area contributed by atoms with E-state index in [-0.39, 0.29) is 12.4 Å². The van der Waals surface area contributed by atoms with Gasteiger partial charge in [0.15, 0.2) is 0 Å². The molecule has 2 N–H and O–H groups in total. The number of aliphatic hydroxyl groups is 1. The standard InChI is InChI=1S/C10H14FNO/c1-7-5-9(11)10(6-8(7)2)12-3-4-13/h5-6,12-13H,3-4H2,1-2H3. The van der Waals surface area contributed by atoms with Crippen molar-refractivity contribution < 1.29 is 9.50 Å². The molecule has 0 heterocycles. The SMILES string of the molecule is Cc1cc(F)c(NCCO)cc1C. The Morgan fingerprint density at radius 3 is 2.54 bits per heavy atom. The van der Waals surface area contributed by atoms with Gasteiger partial charge in [0.25, 0.3) is 0 Å². The Labute approximate surface area is 77.4 Å². The molecule has 0 atom stereocenters. The summed E-state index contributed by atoms with van der Waals surface area (Å²) >= 11 is 0. The van der Waals surface area contributed by atoms with Crippen LogP contribution in [0.25, 0.3) is 0 Å². The minimum atomic E-state index is -0.267. The molecule has 0 saturated heterocycles. The van der Waals surface area contributed by atoms with Gasteiger partial charge in [0.1, 0.15) is 5.82 Å². The number of aryl methyl sites for hydroxylation is 2. The fourth-order valence-corrected chi connectivity index (χ4v) is 1.11. The molecule has 0 aliphatic rings. The van der Waals surface area contributed by atoms with Crippen LogP contribution in [0.5, 0.6) is 0 Å². The van der Waals surface area contributed by atoms with Crippen molar-refractivity contribution in [3.63, 3.8) is 0 Å². The fraction of sp³-hybridized carbons (Fsp3) is 0.400. The molecule has 0 aliphatic heterocycles. The second-order valence-electron chi connectivity index (χ2n) is 3.07. The molecule has 0 spiro atoms. The Morgan fingerprint density at radius 1 is 1.31 bits per heavy atom. The third-order valence-corrected chi connectivity index (χ3v) is 2.01. The minimum absolute atomic E-state index is 0.00631. The van der Waals surface area contributed by atoms with Crippen LogP contribution < -0.4 is 5.32 Å². The van der Waals surface area contributed by atoms with Crippen LogP contribution in [-0.2, 0) is 0 Å². The lowest BCUT2D eigenvalue weighted by Crippen LogP contribution is -2.07. The predicted octanol–water partition coefficient (Wildman–Crippen LogP) is 1.85. The monoisotopic (exact) mass is 183 g/mol. The molecule has 1 aromatic carbocycles. The quantitative estimate of drug-likeness (QED) is 0.749. The van der Waals surface area contributed by atoms with E-state index >= 15 is 0 Å². The van der Waals surface area contributed by atoms with E-state index in [0.717, 1.165) is 11.1 Å². The molecule has 0 amide bonds. The number of benzene rings is 1. The van der Waals surface area contributed by atoms with Crippen molar-refractivity contribution in [3.05, 3.63) is 29.1 Å². The topological polar surface area (TPSA) is 32.3 Å². The first-order valence-corrected chi connectivity index (χ1v) is 4.26. The van der Waals surface area contributed by atoms with Gasteiger partial charge in [-0.15, -0.1) is 0 Å². The fourth-order valence-electron chi connectivity index (χ4n) is 1.11. The summed E-state index contributed by atoms with van der Waals surface area (Å²) in [5.74, 6) is -0.267. The van der Waals surface area contributed by atoms with Gasteiger partial charge in [0, 0.05) is 6.54 Å². The van der Waals surface area contributed by atoms with Crippen molar-refractivity contribution in [1.82, 2.24) is 0 Å². The highest BCUT2D eigenvalue weighted by Gasteiger charge is 2.03. The summed E-state index contributed by atoms with van der Waals surface area (Å²) in [5, 5.41) is 11.4. The first kappa shape index (κ1) is 9.99. The van der Waals surface area contributed by atoms with Crippen LogP contribution in [0.2, 0.25) is 0 Å². The van der Waals surface area contributed by atoms with Crippen molar-refractivity contribution in [2.75, 3.05) is 18.5 Å². The van der Waals surface area contributed by atoms with Gasteiger partial charge in [-0.3, -0.25) is 0 Å². The van der Waals surface area contributed by atoms with Gasteiger partial charge in [0.2, 0.25) is 0 Å². The molecule has 0 radical (unpaired) electrons. The van der Waals surface area contributed by atoms with Gasteiger partial charge in [-0.25, -0.2) is 4.39 Å². The highest BCUT2D eigenvalue weighted by atomic mass is 19.1. The number of anilines is 1. The van der Waals surface area contributed by atoms with E-state index in [1.54, 1.807) is 6.07 Å². The van der Waals surface area contributed by atoms with E-state index in [1.165, 1.54) is 6.07 Å². The molecular weight excluding hydrogens is 169 g/mol. The number of rotatable bonds is 3. The molecule has 0 saturated carbocycles. The van der Waals surface area contributed by atoms with Crippen molar-refractivity contribution in [2.24, 2.45) is 0 Å². The van der Waals surface area contributed by atoms with Gasteiger partial charge < -0.3 is 10.4 Å². The maximum Gasteiger partial charge on any atom is 0.146 e. The predicted molar refractivity (Wildman–Crippen MR) is 51.4 cm³/mol. The average Bonchev–Trinajstić information content (AvgIpc) is 2.09. The second-order valence-corrected chi connectivity index (χ2v) is 3.07. The average molecular weight is 183 g/mol. The van der Waals surface area contributed by atoms with E-state index in [9.17, 15) is 4.39 Å². The molecule has 2 nitrogen and oxygen atoms in total. The van der Waals surface area contributed by atoms with Crippen LogP contribution in [0.3, 0.4) is 0 Å². The van der Waals surface area contributed by atoms with Gasteiger partial charge in [-0.1, -0.05) is 0 Å². The minimum Gasteiger partial charge on any atom is -0.395 e. The summed E-state index contributed by atoms with van der Waals surface area (Å²) in [6, 6.07) is 3.25. The van der Waals surface area contributed by atoms with E-state index in [2.05, 4.69) is 5.32 Å². The molecule has 0 aromatic heterocycles. The Balaban J connectivity index is 2.88. The Bertz CT molecular complexity index is 299. The molecule has 1 aromatic rings. The molecule has 1 rings (SSSR count). The first-order chi connectivity index (χ1) is 6.15. The van der Waals surface area contributed by atoms with Gasteiger partial charge in [-0.2, -0.15) is 0 Å². The molecule has 0 unspecified atom stereocenters. The number of hydrogen-bond acceptors (Lipinski definition) is 2. The van der Waals surface area contributed by atoms with E-state index < -0.39 is 0 Å². The molecule has 0 aliphatic carbocycles. The Morgan fingerprint density at radius 2 is 1.92 bits per heavy atom. The number of hydrogen-bond donors (Lipinski definition) is 2. The van der Waals surface area contributed by atoms with E-state index in [1.807, 2.05) is 13.8 Å². The zero-order valence-corrected chi connectivity index (χ0v) is 7.89. The van der Waals surface area contributed by atoms with Crippen LogP contribution >= 0.6 is 0 Å². The smallest absolute Gasteiger partial charge is 0.146 e. The molecular formula is C10H14FNO. The van der Waals surface area contributed by atoms with Gasteiger partial charge in [0.05, 0.1) is 12.3 Å². The summed E-state index contributed by atoms with van der Waals surface area (Å²) in [5.41, 5.74) is 2.44. The lowest BCUT2D eigenvalue weighted by Gasteiger charge is -2.08. The highest BCUT2D eigenvalue weighted by molar-refractivity contribution is 5.49. The molecule has 13 heavy (non-hydrogen) atoms. The van der Waals surface area contributed by atoms with Gasteiger partial charge in [-0.05, 0) is 37.1 Å². The molecule has 72 valence electrons. The first-order valence-electron chi connectivity index (χ1n) is 4.26. The summed E-state index contributed by atoms with van der Waals surface area (Å²) in [6.07, 6.45) is 0. The normalized spacial score (nSPS) is 10.2. The second kappa shape index (κ2) is 4.23. The summed E-state index contributed by atoms with van der Waals surface area (Å²) < 4.78 is 13.2. The van der Waals surface area contributed by atoms with Crippen molar-refractivity contribution in [1.29, 1.82) is 0 Å². The Hall–Kier alpha value is -1.09. The zero-order valence-electron chi connectivity index (χ0n) is 7.89. The van der Waals surface area contributed by atoms with Crippen LogP contribution in [0, 0.1) is 19.7 Å². The number of nitrogens with one attached hydrogen (secondary N) is 1. The molecule has 3 heteroatoms. The largest absolute Gasteiger partial charge is 0.395 e. The highest BCUT2D eigenvalue weighted by Crippen LogP contribution is 2.18. The summed E-state index contributed by atoms with van der Waals surface area (Å²) in [6.45, 7) is 4.18. The van der Waals surface area contributed by atoms with Crippen LogP contribution in [-0.4, -0.2) is 18.3 Å². The van der Waals surface area contributed by atoms with Crippen LogP contribution in [0.1, 0.15) is 11.1 Å². The van der Waals surface area contributed by atoms with Crippen LogP contribution in [0.4, 0.5) is 10.1 Å². The van der Waals surface area contributed by atoms with E-state index in [0.29, 0.717) is 12.2 Å². The van der Waals surface area contributed by atoms with Crippen molar-refractivity contribution in [3.8, 4) is 0 Å². The maximum absolute atomic E-state index is 13.2.